The third-order valence-corrected chi connectivity index (χ3v) is 6.88. The zero-order valence-corrected chi connectivity index (χ0v) is 15.1. The SMILES string of the molecule is CC.COc1ccc2c(c1)CC[C@@H]1[C@@H]2CC[C@]2(C)[C@@H](O)CC[C@@H]12. The molecule has 0 radical (unpaired) electrons. The van der Waals surface area contributed by atoms with E-state index >= 15 is 0 Å². The molecule has 0 unspecified atom stereocenters. The predicted octanol–water partition coefficient (Wildman–Crippen LogP) is 4.94. The van der Waals surface area contributed by atoms with Crippen molar-refractivity contribution in [2.75, 3.05) is 7.11 Å². The van der Waals surface area contributed by atoms with Crippen LogP contribution in [0.2, 0.25) is 0 Å². The molecule has 1 N–H and O–H groups in total. The summed E-state index contributed by atoms with van der Waals surface area (Å²) in [6, 6.07) is 6.67. The van der Waals surface area contributed by atoms with Crippen molar-refractivity contribution in [3.63, 3.8) is 0 Å². The van der Waals surface area contributed by atoms with Crippen LogP contribution in [0, 0.1) is 17.3 Å². The van der Waals surface area contributed by atoms with E-state index in [0.717, 1.165) is 24.0 Å². The number of methoxy groups -OCH3 is 1. The largest absolute Gasteiger partial charge is 0.497 e. The lowest BCUT2D eigenvalue weighted by Crippen LogP contribution is -2.43. The predicted molar refractivity (Wildman–Crippen MR) is 95.0 cm³/mol. The Morgan fingerprint density at radius 3 is 2.65 bits per heavy atom. The van der Waals surface area contributed by atoms with Crippen LogP contribution in [-0.2, 0) is 6.42 Å². The molecule has 0 amide bonds. The van der Waals surface area contributed by atoms with E-state index in [4.69, 9.17) is 4.74 Å². The van der Waals surface area contributed by atoms with E-state index in [9.17, 15) is 5.11 Å². The van der Waals surface area contributed by atoms with Gasteiger partial charge in [0.25, 0.3) is 0 Å². The van der Waals surface area contributed by atoms with E-state index < -0.39 is 0 Å². The fourth-order valence-corrected chi connectivity index (χ4v) is 5.66. The van der Waals surface area contributed by atoms with Crippen LogP contribution in [0.25, 0.3) is 0 Å². The van der Waals surface area contributed by atoms with Crippen molar-refractivity contribution in [2.24, 2.45) is 17.3 Å². The average Bonchev–Trinajstić information content (AvgIpc) is 2.91. The molecule has 2 fully saturated rings. The van der Waals surface area contributed by atoms with Crippen molar-refractivity contribution in [2.45, 2.75) is 71.3 Å². The van der Waals surface area contributed by atoms with Crippen LogP contribution in [0.3, 0.4) is 0 Å². The molecule has 1 aromatic carbocycles. The second kappa shape index (κ2) is 6.47. The summed E-state index contributed by atoms with van der Waals surface area (Å²) in [5.41, 5.74) is 3.25. The summed E-state index contributed by atoms with van der Waals surface area (Å²) in [5, 5.41) is 10.4. The quantitative estimate of drug-likeness (QED) is 0.795. The lowest BCUT2D eigenvalue weighted by atomic mass is 9.55. The van der Waals surface area contributed by atoms with Crippen molar-refractivity contribution < 1.29 is 9.84 Å². The third kappa shape index (κ3) is 2.59. The standard InChI is InChI=1S/C19H26O2.C2H6/c1-19-10-9-15-14-6-4-13(21-2)11-12(14)3-5-16(15)17(19)7-8-18(19)20;1-2/h4,6,11,15-18,20H,3,5,7-10H2,1-2H3;1-2H3/t15-,16-,17+,18+,19+;/m1./s1. The summed E-state index contributed by atoms with van der Waals surface area (Å²) in [6.07, 6.45) is 7.07. The molecule has 3 aliphatic rings. The molecule has 5 atom stereocenters. The summed E-state index contributed by atoms with van der Waals surface area (Å²) in [5.74, 6) is 3.20. The van der Waals surface area contributed by atoms with Crippen molar-refractivity contribution in [3.05, 3.63) is 29.3 Å². The highest BCUT2D eigenvalue weighted by molar-refractivity contribution is 5.40. The lowest BCUT2D eigenvalue weighted by molar-refractivity contribution is -0.0226. The summed E-state index contributed by atoms with van der Waals surface area (Å²) in [4.78, 5) is 0. The summed E-state index contributed by atoms with van der Waals surface area (Å²) in [6.45, 7) is 6.34. The number of hydrogen-bond acceptors (Lipinski definition) is 2. The van der Waals surface area contributed by atoms with Gasteiger partial charge in [0.1, 0.15) is 5.75 Å². The van der Waals surface area contributed by atoms with Crippen molar-refractivity contribution in [1.29, 1.82) is 0 Å². The highest BCUT2D eigenvalue weighted by Gasteiger charge is 2.54. The van der Waals surface area contributed by atoms with Gasteiger partial charge in [0.15, 0.2) is 0 Å². The number of ether oxygens (including phenoxy) is 1. The van der Waals surface area contributed by atoms with Gasteiger partial charge in [-0.15, -0.1) is 0 Å². The summed E-state index contributed by atoms with van der Waals surface area (Å²) in [7, 11) is 1.75. The van der Waals surface area contributed by atoms with Gasteiger partial charge in [-0.05, 0) is 85.0 Å². The van der Waals surface area contributed by atoms with Crippen LogP contribution in [0.5, 0.6) is 5.75 Å². The first-order valence-corrected chi connectivity index (χ1v) is 9.48. The fraction of sp³-hybridized carbons (Fsp3) is 0.714. The molecule has 2 saturated carbocycles. The van der Waals surface area contributed by atoms with Gasteiger partial charge >= 0.3 is 0 Å². The molecule has 23 heavy (non-hydrogen) atoms. The van der Waals surface area contributed by atoms with Gasteiger partial charge in [0.05, 0.1) is 13.2 Å². The van der Waals surface area contributed by atoms with Crippen LogP contribution in [0.4, 0.5) is 0 Å². The van der Waals surface area contributed by atoms with E-state index in [2.05, 4.69) is 25.1 Å². The monoisotopic (exact) mass is 316 g/mol. The Morgan fingerprint density at radius 1 is 1.13 bits per heavy atom. The Hall–Kier alpha value is -1.02. The molecule has 4 rings (SSSR count). The molecule has 0 bridgehead atoms. The van der Waals surface area contributed by atoms with Crippen LogP contribution >= 0.6 is 0 Å². The Morgan fingerprint density at radius 2 is 1.91 bits per heavy atom. The second-order valence-electron chi connectivity index (χ2n) is 7.62. The van der Waals surface area contributed by atoms with Crippen LogP contribution < -0.4 is 4.74 Å². The highest BCUT2D eigenvalue weighted by Crippen LogP contribution is 2.60. The van der Waals surface area contributed by atoms with Gasteiger partial charge in [-0.1, -0.05) is 26.8 Å². The number of rotatable bonds is 1. The van der Waals surface area contributed by atoms with E-state index in [1.807, 2.05) is 13.8 Å². The smallest absolute Gasteiger partial charge is 0.119 e. The van der Waals surface area contributed by atoms with E-state index in [-0.39, 0.29) is 11.5 Å². The number of aliphatic hydroxyl groups is 1. The number of hydrogen-bond donors (Lipinski definition) is 1. The average molecular weight is 316 g/mol. The normalized spacial score (nSPS) is 37.8. The van der Waals surface area contributed by atoms with Gasteiger partial charge in [0, 0.05) is 0 Å². The molecule has 3 aliphatic carbocycles. The van der Waals surface area contributed by atoms with Gasteiger partial charge in [-0.3, -0.25) is 0 Å². The van der Waals surface area contributed by atoms with Crippen molar-refractivity contribution in [1.82, 2.24) is 0 Å². The van der Waals surface area contributed by atoms with Gasteiger partial charge < -0.3 is 9.84 Å². The van der Waals surface area contributed by atoms with Gasteiger partial charge in [-0.25, -0.2) is 0 Å². The number of aryl methyl sites for hydroxylation is 1. The molecule has 0 spiro atoms. The minimum atomic E-state index is -0.0688. The first kappa shape index (κ1) is 16.8. The Labute approximate surface area is 141 Å². The maximum absolute atomic E-state index is 10.4. The van der Waals surface area contributed by atoms with Crippen LogP contribution in [0.15, 0.2) is 18.2 Å². The van der Waals surface area contributed by atoms with Crippen molar-refractivity contribution >= 4 is 0 Å². The van der Waals surface area contributed by atoms with Gasteiger partial charge in [-0.2, -0.15) is 0 Å². The van der Waals surface area contributed by atoms with Crippen LogP contribution in [0.1, 0.15) is 69.9 Å². The fourth-order valence-electron chi connectivity index (χ4n) is 5.66. The molecule has 2 heteroatoms. The molecule has 0 heterocycles. The zero-order valence-electron chi connectivity index (χ0n) is 15.1. The number of aliphatic hydroxyl groups excluding tert-OH is 1. The molecule has 2 nitrogen and oxygen atoms in total. The molecule has 0 aliphatic heterocycles. The molecule has 0 saturated heterocycles. The number of fused-ring (bicyclic) bond motifs is 5. The Kier molecular flexibility index (Phi) is 4.73. The second-order valence-corrected chi connectivity index (χ2v) is 7.62. The van der Waals surface area contributed by atoms with E-state index in [1.165, 1.54) is 37.7 Å². The first-order valence-electron chi connectivity index (χ1n) is 9.48. The highest BCUT2D eigenvalue weighted by atomic mass is 16.5. The lowest BCUT2D eigenvalue weighted by Gasteiger charge is -2.50. The summed E-state index contributed by atoms with van der Waals surface area (Å²) < 4.78 is 5.38. The van der Waals surface area contributed by atoms with Crippen molar-refractivity contribution in [3.8, 4) is 5.75 Å². The molecule has 128 valence electrons. The molecular weight excluding hydrogens is 284 g/mol. The Bertz CT molecular complexity index is 553. The Balaban J connectivity index is 0.000000753. The maximum atomic E-state index is 10.4. The van der Waals surface area contributed by atoms with E-state index in [0.29, 0.717) is 5.92 Å². The van der Waals surface area contributed by atoms with Crippen LogP contribution in [-0.4, -0.2) is 18.3 Å². The summed E-state index contributed by atoms with van der Waals surface area (Å²) >= 11 is 0. The molecule has 0 aromatic heterocycles. The molecule has 1 aromatic rings. The molecular formula is C21H32O2. The minimum absolute atomic E-state index is 0.0688. The first-order chi connectivity index (χ1) is 11.1. The zero-order chi connectivity index (χ0) is 16.6. The number of benzene rings is 1. The third-order valence-electron chi connectivity index (χ3n) is 6.88. The topological polar surface area (TPSA) is 29.5 Å². The van der Waals surface area contributed by atoms with E-state index in [1.54, 1.807) is 12.7 Å². The van der Waals surface area contributed by atoms with Gasteiger partial charge in [0.2, 0.25) is 0 Å². The maximum Gasteiger partial charge on any atom is 0.119 e. The minimum Gasteiger partial charge on any atom is -0.497 e.